The molecule has 0 aromatic heterocycles. The minimum atomic E-state index is -1.22. The van der Waals surface area contributed by atoms with Gasteiger partial charge in [-0.2, -0.15) is 4.84 Å². The number of aliphatic hydroxyl groups excluding tert-OH is 1. The Morgan fingerprint density at radius 1 is 1.12 bits per heavy atom. The highest BCUT2D eigenvalue weighted by molar-refractivity contribution is 5.85. The molecule has 6 unspecified atom stereocenters. The van der Waals surface area contributed by atoms with E-state index in [1.165, 1.54) is 0 Å². The zero-order chi connectivity index (χ0) is 22.9. The second-order valence-electron chi connectivity index (χ2n) is 11.1. The van der Waals surface area contributed by atoms with Crippen molar-refractivity contribution in [3.8, 4) is 0 Å². The third-order valence-corrected chi connectivity index (χ3v) is 10.2. The van der Waals surface area contributed by atoms with Crippen molar-refractivity contribution >= 4 is 5.97 Å². The summed E-state index contributed by atoms with van der Waals surface area (Å²) in [6.07, 6.45) is 5.92. The van der Waals surface area contributed by atoms with Crippen molar-refractivity contribution in [3.05, 3.63) is 16.6 Å². The summed E-state index contributed by atoms with van der Waals surface area (Å²) < 4.78 is 5.16. The molecule has 5 rings (SSSR count). The van der Waals surface area contributed by atoms with Gasteiger partial charge in [-0.15, -0.1) is 0 Å². The molecule has 1 heterocycles. The van der Waals surface area contributed by atoms with Crippen LogP contribution in [-0.2, 0) is 14.4 Å². The lowest BCUT2D eigenvalue weighted by Crippen LogP contribution is -2.69. The third-order valence-electron chi connectivity index (χ3n) is 10.2. The van der Waals surface area contributed by atoms with Gasteiger partial charge in [0, 0.05) is 23.3 Å². The molecule has 4 saturated carbocycles. The minimum Gasteiger partial charge on any atom is -0.458 e. The molecule has 0 aromatic rings. The lowest BCUT2D eigenvalue weighted by Gasteiger charge is -2.65. The van der Waals surface area contributed by atoms with E-state index in [0.717, 1.165) is 18.4 Å². The average Bonchev–Trinajstić information content (AvgIpc) is 3.26. The molecule has 0 spiro atoms. The number of fused-ring (bicyclic) bond motifs is 5. The molecule has 9 heteroatoms. The first-order valence-electron chi connectivity index (χ1n) is 11.8. The van der Waals surface area contributed by atoms with Crippen LogP contribution < -0.4 is 0 Å². The van der Waals surface area contributed by atoms with Gasteiger partial charge in [0.15, 0.2) is 6.61 Å². The van der Waals surface area contributed by atoms with Gasteiger partial charge in [-0.3, -0.25) is 0 Å². The summed E-state index contributed by atoms with van der Waals surface area (Å²) in [6, 6.07) is 0. The fraction of sp³-hybridized carbons (Fsp3) is 0.870. The van der Waals surface area contributed by atoms with Gasteiger partial charge in [0.2, 0.25) is 0 Å². The Hall–Kier alpha value is -1.71. The van der Waals surface area contributed by atoms with Crippen LogP contribution in [-0.4, -0.2) is 62.1 Å². The summed E-state index contributed by atoms with van der Waals surface area (Å²) >= 11 is 0. The topological polar surface area (TPSA) is 137 Å². The number of cyclic esters (lactones) is 1. The number of esters is 1. The van der Waals surface area contributed by atoms with E-state index in [-0.39, 0.29) is 43.4 Å². The molecule has 4 fully saturated rings. The summed E-state index contributed by atoms with van der Waals surface area (Å²) in [5, 5.41) is 42.9. The fourth-order valence-corrected chi connectivity index (χ4v) is 8.66. The van der Waals surface area contributed by atoms with E-state index in [1.807, 2.05) is 0 Å². The number of carbonyl (C=O) groups is 1. The minimum absolute atomic E-state index is 0.0654. The van der Waals surface area contributed by atoms with Crippen molar-refractivity contribution in [2.45, 2.75) is 82.0 Å². The molecule has 178 valence electrons. The van der Waals surface area contributed by atoms with E-state index in [4.69, 9.17) is 14.8 Å². The lowest BCUT2D eigenvalue weighted by molar-refractivity contribution is -0.977. The Kier molecular flexibility index (Phi) is 4.93. The van der Waals surface area contributed by atoms with Gasteiger partial charge in [0.05, 0.1) is 17.3 Å². The van der Waals surface area contributed by atoms with Gasteiger partial charge in [0.25, 0.3) is 0 Å². The fourth-order valence-electron chi connectivity index (χ4n) is 8.66. The molecule has 0 bridgehead atoms. The molecule has 0 amide bonds. The second kappa shape index (κ2) is 7.14. The molecule has 32 heavy (non-hydrogen) atoms. The van der Waals surface area contributed by atoms with E-state index >= 15 is 0 Å². The van der Waals surface area contributed by atoms with Gasteiger partial charge < -0.3 is 20.1 Å². The van der Waals surface area contributed by atoms with Crippen molar-refractivity contribution < 1.29 is 40.0 Å². The maximum atomic E-state index is 12.2. The first-order chi connectivity index (χ1) is 15.0. The zero-order valence-electron chi connectivity index (χ0n) is 18.5. The Labute approximate surface area is 186 Å². The Morgan fingerprint density at radius 3 is 2.56 bits per heavy atom. The number of nitrogens with zero attached hydrogens (tertiary/aromatic N) is 1. The first-order valence-corrected chi connectivity index (χ1v) is 11.8. The molecule has 4 aliphatic carbocycles. The van der Waals surface area contributed by atoms with E-state index in [1.54, 1.807) is 6.08 Å². The monoisotopic (exact) mass is 452 g/mol. The quantitative estimate of drug-likeness (QED) is 0.374. The van der Waals surface area contributed by atoms with Gasteiger partial charge in [-0.25, -0.2) is 10.0 Å². The van der Waals surface area contributed by atoms with E-state index in [9.17, 15) is 25.0 Å². The average molecular weight is 453 g/mol. The predicted octanol–water partition coefficient (Wildman–Crippen LogP) is 1.80. The van der Waals surface area contributed by atoms with Crippen LogP contribution in [0.1, 0.15) is 64.7 Å². The number of rotatable bonds is 4. The first kappa shape index (κ1) is 22.1. The molecule has 0 radical (unpaired) electrons. The maximum Gasteiger partial charge on any atom is 0.475 e. The van der Waals surface area contributed by atoms with Gasteiger partial charge in [-0.1, -0.05) is 6.92 Å². The molecular formula is C23H34NO8+. The molecule has 9 nitrogen and oxygen atoms in total. The highest BCUT2D eigenvalue weighted by Gasteiger charge is 2.72. The largest absolute Gasteiger partial charge is 0.475 e. The summed E-state index contributed by atoms with van der Waals surface area (Å²) in [6.45, 7) is 2.25. The van der Waals surface area contributed by atoms with Crippen molar-refractivity contribution in [2.75, 3.05) is 13.2 Å². The van der Waals surface area contributed by atoms with Crippen molar-refractivity contribution in [2.24, 2.45) is 28.6 Å². The molecule has 5 aliphatic rings. The highest BCUT2D eigenvalue weighted by atomic mass is 16.9. The van der Waals surface area contributed by atoms with Crippen molar-refractivity contribution in [1.82, 2.24) is 0 Å². The molecular weight excluding hydrogens is 418 g/mol. The SMILES string of the molecule is CC12CC[C@H]3[C@H](CCC4(O)CC(O)CCC34CO[N+](=O)O)C1(O)CCC2C1=CC(=O)OC1. The van der Waals surface area contributed by atoms with Gasteiger partial charge in [-0.05, 0) is 74.7 Å². The van der Waals surface area contributed by atoms with Crippen LogP contribution in [0.2, 0.25) is 0 Å². The van der Waals surface area contributed by atoms with Crippen LogP contribution in [0.5, 0.6) is 0 Å². The van der Waals surface area contributed by atoms with Crippen LogP contribution in [0.4, 0.5) is 0 Å². The number of carbonyl (C=O) groups excluding carboxylic acids is 1. The summed E-state index contributed by atoms with van der Waals surface area (Å²) in [5.41, 5.74) is -2.49. The van der Waals surface area contributed by atoms with Crippen LogP contribution >= 0.6 is 0 Å². The van der Waals surface area contributed by atoms with E-state index in [2.05, 4.69) is 6.92 Å². The lowest BCUT2D eigenvalue weighted by atomic mass is 9.41. The summed E-state index contributed by atoms with van der Waals surface area (Å²) in [7, 11) is 0. The standard InChI is InChI=1S/C23H34NO8/c1-20-6-3-17-18(23(20,28)9-5-16(20)14-10-19(26)31-12-14)4-8-22(27)11-15(25)2-7-21(17,22)13-32-24(29)30/h10,15-18,25,27-28H,2-9,11-13H2,1H3,(H,29,30)/q+1/t15?,16?,17-,18-,20?,21?,22?,23?/m0/s1. The Morgan fingerprint density at radius 2 is 1.88 bits per heavy atom. The second-order valence-corrected chi connectivity index (χ2v) is 11.1. The highest BCUT2D eigenvalue weighted by Crippen LogP contribution is 2.70. The Balaban J connectivity index is 1.51. The van der Waals surface area contributed by atoms with Crippen molar-refractivity contribution in [1.29, 1.82) is 0 Å². The number of hydrogen-bond acceptors (Lipinski definition) is 7. The van der Waals surface area contributed by atoms with Crippen molar-refractivity contribution in [3.63, 3.8) is 0 Å². The smallest absolute Gasteiger partial charge is 0.458 e. The number of ether oxygens (including phenoxy) is 1. The van der Waals surface area contributed by atoms with Gasteiger partial charge in [0.1, 0.15) is 11.5 Å². The maximum absolute atomic E-state index is 12.2. The van der Waals surface area contributed by atoms with E-state index < -0.39 is 33.2 Å². The summed E-state index contributed by atoms with van der Waals surface area (Å²) in [5.74, 6) is -0.474. The van der Waals surface area contributed by atoms with Crippen LogP contribution in [0.25, 0.3) is 0 Å². The Bertz CT molecular complexity index is 861. The number of hydrogen-bond donors (Lipinski definition) is 4. The third kappa shape index (κ3) is 2.83. The molecule has 1 aliphatic heterocycles. The molecule has 0 aromatic carbocycles. The molecule has 8 atom stereocenters. The van der Waals surface area contributed by atoms with Crippen LogP contribution in [0.15, 0.2) is 11.6 Å². The van der Waals surface area contributed by atoms with Gasteiger partial charge >= 0.3 is 11.1 Å². The molecule has 0 saturated heterocycles. The zero-order valence-corrected chi connectivity index (χ0v) is 18.5. The predicted molar refractivity (Wildman–Crippen MR) is 109 cm³/mol. The van der Waals surface area contributed by atoms with Crippen LogP contribution in [0.3, 0.4) is 0 Å². The molecule has 4 N–H and O–H groups in total. The van der Waals surface area contributed by atoms with Crippen LogP contribution in [0, 0.1) is 33.5 Å². The summed E-state index contributed by atoms with van der Waals surface area (Å²) in [4.78, 5) is 27.9. The number of aliphatic hydroxyl groups is 3. The normalized spacial score (nSPS) is 50.0. The van der Waals surface area contributed by atoms with E-state index in [0.29, 0.717) is 38.5 Å².